The van der Waals surface area contributed by atoms with Crippen LogP contribution in [0.15, 0.2) is 54.6 Å². The highest BCUT2D eigenvalue weighted by molar-refractivity contribution is 5.63. The topological polar surface area (TPSA) is 97.0 Å². The normalized spacial score (nSPS) is 19.5. The highest BCUT2D eigenvalue weighted by Crippen LogP contribution is 2.45. The summed E-state index contributed by atoms with van der Waals surface area (Å²) >= 11 is 0. The van der Waals surface area contributed by atoms with E-state index in [1.165, 1.54) is 0 Å². The van der Waals surface area contributed by atoms with Crippen LogP contribution in [0.5, 0.6) is 0 Å². The molecule has 1 aliphatic carbocycles. The Balaban J connectivity index is 1.52. The van der Waals surface area contributed by atoms with Gasteiger partial charge in [-0.1, -0.05) is 36.4 Å². The molecule has 3 N–H and O–H groups in total. The maximum Gasteiger partial charge on any atom is 0.168 e. The molecule has 2 heterocycles. The van der Waals surface area contributed by atoms with Crippen LogP contribution < -0.4 is 0 Å². The van der Waals surface area contributed by atoms with E-state index in [-0.39, 0.29) is 13.2 Å². The van der Waals surface area contributed by atoms with Gasteiger partial charge in [-0.3, -0.25) is 0 Å². The molecule has 7 nitrogen and oxygen atoms in total. The molecule has 168 valence electrons. The number of aliphatic hydroxyl groups excluding tert-OH is 2. The first-order chi connectivity index (χ1) is 15.5. The Hall–Kier alpha value is -2.55. The van der Waals surface area contributed by atoms with E-state index in [2.05, 4.69) is 0 Å². The number of rotatable bonds is 5. The molecule has 0 atom stereocenters. The Morgan fingerprint density at radius 1 is 0.812 bits per heavy atom. The van der Waals surface area contributed by atoms with Crippen molar-refractivity contribution in [2.24, 2.45) is 0 Å². The lowest BCUT2D eigenvalue weighted by Gasteiger charge is -2.39. The molecule has 1 spiro atoms. The van der Waals surface area contributed by atoms with Crippen LogP contribution in [0, 0.1) is 0 Å². The molecule has 7 heteroatoms. The molecule has 1 saturated heterocycles. The number of hydrogen-bond acceptors (Lipinski definition) is 6. The standard InChI is InChI=1S/C25H28N2O5/c28-16-18-1-5-20(6-2-18)22-15-23(26-27(22)21-7-3-19(17-29)4-8-21)24(30)9-11-25(12-10-24)31-13-14-32-25/h1-8,15,28-30H,9-14,16-17H2. The van der Waals surface area contributed by atoms with Gasteiger partial charge < -0.3 is 24.8 Å². The van der Waals surface area contributed by atoms with Crippen molar-refractivity contribution in [3.8, 4) is 16.9 Å². The van der Waals surface area contributed by atoms with Crippen molar-refractivity contribution in [1.82, 2.24) is 9.78 Å². The van der Waals surface area contributed by atoms with E-state index in [1.54, 1.807) is 0 Å². The fraction of sp³-hybridized carbons (Fsp3) is 0.400. The van der Waals surface area contributed by atoms with Gasteiger partial charge in [-0.15, -0.1) is 0 Å². The Labute approximate surface area is 186 Å². The molecule has 2 aliphatic rings. The number of aliphatic hydroxyl groups is 3. The molecule has 0 radical (unpaired) electrons. The third kappa shape index (κ3) is 3.87. The second-order valence-electron chi connectivity index (χ2n) is 8.65. The van der Waals surface area contributed by atoms with Crippen LogP contribution in [0.1, 0.15) is 42.5 Å². The number of benzene rings is 2. The van der Waals surface area contributed by atoms with Crippen LogP contribution in [-0.2, 0) is 28.3 Å². The van der Waals surface area contributed by atoms with E-state index in [9.17, 15) is 15.3 Å². The molecule has 2 fully saturated rings. The van der Waals surface area contributed by atoms with Gasteiger partial charge in [0.1, 0.15) is 5.60 Å². The minimum atomic E-state index is -1.06. The first-order valence-corrected chi connectivity index (χ1v) is 11.1. The average molecular weight is 437 g/mol. The largest absolute Gasteiger partial charge is 0.392 e. The molecule has 0 bridgehead atoms. The van der Waals surface area contributed by atoms with Crippen LogP contribution in [0.2, 0.25) is 0 Å². The molecule has 1 aliphatic heterocycles. The fourth-order valence-electron chi connectivity index (χ4n) is 4.62. The first kappa shape index (κ1) is 21.3. The monoisotopic (exact) mass is 436 g/mol. The Morgan fingerprint density at radius 2 is 1.38 bits per heavy atom. The summed E-state index contributed by atoms with van der Waals surface area (Å²) in [4.78, 5) is 0. The SMILES string of the molecule is OCc1ccc(-c2cc(C3(O)CCC4(CC3)OCCO4)nn2-c2ccc(CO)cc2)cc1. The van der Waals surface area contributed by atoms with E-state index in [1.807, 2.05) is 59.3 Å². The zero-order valence-electron chi connectivity index (χ0n) is 17.9. The lowest BCUT2D eigenvalue weighted by Crippen LogP contribution is -2.42. The Morgan fingerprint density at radius 3 is 1.94 bits per heavy atom. The predicted molar refractivity (Wildman–Crippen MR) is 118 cm³/mol. The lowest BCUT2D eigenvalue weighted by atomic mass is 9.79. The zero-order chi connectivity index (χ0) is 22.2. The highest BCUT2D eigenvalue weighted by atomic mass is 16.7. The molecule has 1 saturated carbocycles. The quantitative estimate of drug-likeness (QED) is 0.569. The summed E-state index contributed by atoms with van der Waals surface area (Å²) in [5, 5.41) is 35.1. The highest BCUT2D eigenvalue weighted by Gasteiger charge is 2.47. The molecule has 0 unspecified atom stereocenters. The van der Waals surface area contributed by atoms with Gasteiger partial charge in [-0.25, -0.2) is 4.68 Å². The van der Waals surface area contributed by atoms with E-state index < -0.39 is 11.4 Å². The van der Waals surface area contributed by atoms with Gasteiger partial charge in [0.25, 0.3) is 0 Å². The van der Waals surface area contributed by atoms with Crippen molar-refractivity contribution < 1.29 is 24.8 Å². The third-order valence-corrected chi connectivity index (χ3v) is 6.63. The van der Waals surface area contributed by atoms with Crippen molar-refractivity contribution in [1.29, 1.82) is 0 Å². The number of nitrogens with zero attached hydrogens (tertiary/aromatic N) is 2. The van der Waals surface area contributed by atoms with Gasteiger partial charge in [0.05, 0.1) is 43.5 Å². The summed E-state index contributed by atoms with van der Waals surface area (Å²) in [6.07, 6.45) is 2.27. The lowest BCUT2D eigenvalue weighted by molar-refractivity contribution is -0.204. The number of ether oxygens (including phenoxy) is 2. The summed E-state index contributed by atoms with van der Waals surface area (Å²) < 4.78 is 13.5. The average Bonchev–Trinajstić information content (AvgIpc) is 3.50. The van der Waals surface area contributed by atoms with Crippen molar-refractivity contribution in [2.45, 2.75) is 50.3 Å². The van der Waals surface area contributed by atoms with Gasteiger partial charge in [0.2, 0.25) is 0 Å². The zero-order valence-corrected chi connectivity index (χ0v) is 17.9. The molecule has 2 aromatic carbocycles. The van der Waals surface area contributed by atoms with Gasteiger partial charge in [0.15, 0.2) is 5.79 Å². The van der Waals surface area contributed by atoms with Crippen LogP contribution in [0.4, 0.5) is 0 Å². The Bertz CT molecular complexity index is 994. The van der Waals surface area contributed by atoms with Crippen LogP contribution in [0.25, 0.3) is 16.9 Å². The molecular weight excluding hydrogens is 408 g/mol. The number of hydrogen-bond donors (Lipinski definition) is 3. The second-order valence-corrected chi connectivity index (χ2v) is 8.65. The minimum Gasteiger partial charge on any atom is -0.392 e. The molecule has 3 aromatic rings. The van der Waals surface area contributed by atoms with Gasteiger partial charge >= 0.3 is 0 Å². The van der Waals surface area contributed by atoms with Crippen LogP contribution in [0.3, 0.4) is 0 Å². The van der Waals surface area contributed by atoms with Crippen LogP contribution in [-0.4, -0.2) is 44.1 Å². The first-order valence-electron chi connectivity index (χ1n) is 11.1. The third-order valence-electron chi connectivity index (χ3n) is 6.63. The van der Waals surface area contributed by atoms with Gasteiger partial charge in [0, 0.05) is 18.4 Å². The van der Waals surface area contributed by atoms with E-state index in [0.717, 1.165) is 28.1 Å². The predicted octanol–water partition coefficient (Wildman–Crippen LogP) is 3.03. The van der Waals surface area contributed by atoms with Crippen molar-refractivity contribution in [3.63, 3.8) is 0 Å². The minimum absolute atomic E-state index is 0.0148. The van der Waals surface area contributed by atoms with E-state index >= 15 is 0 Å². The van der Waals surface area contributed by atoms with Gasteiger partial charge in [-0.05, 0) is 42.2 Å². The summed E-state index contributed by atoms with van der Waals surface area (Å²) in [6.45, 7) is 1.17. The molecule has 1 aromatic heterocycles. The molecule has 0 amide bonds. The maximum absolute atomic E-state index is 11.5. The van der Waals surface area contributed by atoms with E-state index in [0.29, 0.717) is 44.6 Å². The molecule has 5 rings (SSSR count). The van der Waals surface area contributed by atoms with Crippen molar-refractivity contribution in [2.75, 3.05) is 13.2 Å². The molecular formula is C25H28N2O5. The number of aromatic nitrogens is 2. The van der Waals surface area contributed by atoms with E-state index in [4.69, 9.17) is 14.6 Å². The smallest absolute Gasteiger partial charge is 0.168 e. The van der Waals surface area contributed by atoms with Crippen LogP contribution >= 0.6 is 0 Å². The molecule has 32 heavy (non-hydrogen) atoms. The van der Waals surface area contributed by atoms with Gasteiger partial charge in [-0.2, -0.15) is 5.10 Å². The summed E-state index contributed by atoms with van der Waals surface area (Å²) in [5.41, 5.74) is 3.85. The van der Waals surface area contributed by atoms with Crippen molar-refractivity contribution >= 4 is 0 Å². The second kappa shape index (κ2) is 8.42. The summed E-state index contributed by atoms with van der Waals surface area (Å²) in [6, 6.07) is 17.2. The fourth-order valence-corrected chi connectivity index (χ4v) is 4.62. The van der Waals surface area contributed by atoms with Crippen molar-refractivity contribution in [3.05, 3.63) is 71.4 Å². The summed E-state index contributed by atoms with van der Waals surface area (Å²) in [5.74, 6) is -0.558. The Kier molecular flexibility index (Phi) is 5.61. The summed E-state index contributed by atoms with van der Waals surface area (Å²) in [7, 11) is 0. The maximum atomic E-state index is 11.5.